The largest absolute Gasteiger partial charge is 0.372 e. The number of benzene rings is 1. The molecule has 2 rings (SSSR count). The third kappa shape index (κ3) is 2.47. The molecule has 1 unspecified atom stereocenters. The first-order valence-electron chi connectivity index (χ1n) is 5.67. The SMILES string of the molecule is CCC(C#N)S(=O)(=O)Nc1ccc2c(c1)COC2. The van der Waals surface area contributed by atoms with Crippen molar-refractivity contribution in [2.24, 2.45) is 0 Å². The monoisotopic (exact) mass is 266 g/mol. The number of nitrogens with zero attached hydrogens (tertiary/aromatic N) is 1. The van der Waals surface area contributed by atoms with Crippen molar-refractivity contribution in [2.75, 3.05) is 4.72 Å². The van der Waals surface area contributed by atoms with Crippen molar-refractivity contribution in [1.82, 2.24) is 0 Å². The highest BCUT2D eigenvalue weighted by Crippen LogP contribution is 2.24. The molecule has 6 heteroatoms. The Morgan fingerprint density at radius 3 is 2.83 bits per heavy atom. The van der Waals surface area contributed by atoms with E-state index in [1.807, 2.05) is 6.07 Å². The van der Waals surface area contributed by atoms with E-state index in [-0.39, 0.29) is 6.42 Å². The van der Waals surface area contributed by atoms with Gasteiger partial charge in [0.05, 0.1) is 19.3 Å². The lowest BCUT2D eigenvalue weighted by molar-refractivity contribution is 0.134. The van der Waals surface area contributed by atoms with Gasteiger partial charge in [-0.25, -0.2) is 8.42 Å². The van der Waals surface area contributed by atoms with Crippen molar-refractivity contribution < 1.29 is 13.2 Å². The van der Waals surface area contributed by atoms with Gasteiger partial charge in [-0.2, -0.15) is 5.26 Å². The van der Waals surface area contributed by atoms with Crippen LogP contribution in [-0.4, -0.2) is 13.7 Å². The van der Waals surface area contributed by atoms with Gasteiger partial charge in [0.25, 0.3) is 0 Å². The lowest BCUT2D eigenvalue weighted by Gasteiger charge is -2.11. The predicted molar refractivity (Wildman–Crippen MR) is 67.2 cm³/mol. The van der Waals surface area contributed by atoms with Crippen LogP contribution in [0.2, 0.25) is 0 Å². The summed E-state index contributed by atoms with van der Waals surface area (Å²) in [6, 6.07) is 7.07. The van der Waals surface area contributed by atoms with Crippen LogP contribution in [0.1, 0.15) is 24.5 Å². The lowest BCUT2D eigenvalue weighted by atomic mass is 10.1. The van der Waals surface area contributed by atoms with Gasteiger partial charge in [0.1, 0.15) is 0 Å². The van der Waals surface area contributed by atoms with E-state index >= 15 is 0 Å². The lowest BCUT2D eigenvalue weighted by Crippen LogP contribution is -2.25. The minimum absolute atomic E-state index is 0.264. The van der Waals surface area contributed by atoms with Crippen LogP contribution in [0.15, 0.2) is 18.2 Å². The fourth-order valence-corrected chi connectivity index (χ4v) is 3.03. The van der Waals surface area contributed by atoms with Crippen molar-refractivity contribution in [1.29, 1.82) is 5.26 Å². The molecule has 0 radical (unpaired) electrons. The van der Waals surface area contributed by atoms with Gasteiger partial charge in [-0.15, -0.1) is 0 Å². The second-order valence-electron chi connectivity index (χ2n) is 4.15. The number of nitrogens with one attached hydrogen (secondary N) is 1. The summed E-state index contributed by atoms with van der Waals surface area (Å²) in [7, 11) is -3.64. The van der Waals surface area contributed by atoms with Crippen LogP contribution in [0.25, 0.3) is 0 Å². The molecule has 1 aliphatic rings. The van der Waals surface area contributed by atoms with Crippen molar-refractivity contribution >= 4 is 15.7 Å². The minimum atomic E-state index is -3.64. The van der Waals surface area contributed by atoms with Gasteiger partial charge >= 0.3 is 0 Å². The molecule has 0 fully saturated rings. The summed E-state index contributed by atoms with van der Waals surface area (Å²) >= 11 is 0. The van der Waals surface area contributed by atoms with E-state index in [1.165, 1.54) is 0 Å². The van der Waals surface area contributed by atoms with Crippen LogP contribution in [-0.2, 0) is 28.0 Å². The van der Waals surface area contributed by atoms with E-state index in [9.17, 15) is 8.42 Å². The Labute approximate surface area is 106 Å². The maximum Gasteiger partial charge on any atom is 0.249 e. The Bertz CT molecular complexity index is 590. The van der Waals surface area contributed by atoms with Gasteiger partial charge < -0.3 is 4.74 Å². The first-order chi connectivity index (χ1) is 8.56. The van der Waals surface area contributed by atoms with Gasteiger partial charge in [0.15, 0.2) is 5.25 Å². The molecule has 1 aromatic carbocycles. The number of fused-ring (bicyclic) bond motifs is 1. The molecule has 1 heterocycles. The van der Waals surface area contributed by atoms with Crippen LogP contribution in [0.3, 0.4) is 0 Å². The maximum atomic E-state index is 11.9. The zero-order valence-corrected chi connectivity index (χ0v) is 10.8. The number of hydrogen-bond donors (Lipinski definition) is 1. The topological polar surface area (TPSA) is 79.2 Å². The summed E-state index contributed by atoms with van der Waals surface area (Å²) in [5.74, 6) is 0. The van der Waals surface area contributed by atoms with Crippen molar-refractivity contribution in [3.63, 3.8) is 0 Å². The molecular formula is C12H14N2O3S. The van der Waals surface area contributed by atoms with E-state index in [2.05, 4.69) is 4.72 Å². The smallest absolute Gasteiger partial charge is 0.249 e. The molecule has 0 bridgehead atoms. The number of hydrogen-bond acceptors (Lipinski definition) is 4. The Hall–Kier alpha value is -1.58. The first-order valence-corrected chi connectivity index (χ1v) is 7.22. The highest BCUT2D eigenvalue weighted by atomic mass is 32.2. The van der Waals surface area contributed by atoms with Crippen LogP contribution >= 0.6 is 0 Å². The van der Waals surface area contributed by atoms with E-state index in [4.69, 9.17) is 10.00 Å². The van der Waals surface area contributed by atoms with Gasteiger partial charge in [0, 0.05) is 5.69 Å². The second-order valence-corrected chi connectivity index (χ2v) is 6.01. The number of anilines is 1. The third-order valence-electron chi connectivity index (χ3n) is 2.87. The van der Waals surface area contributed by atoms with Crippen LogP contribution < -0.4 is 4.72 Å². The fourth-order valence-electron chi connectivity index (χ4n) is 1.85. The minimum Gasteiger partial charge on any atom is -0.372 e. The van der Waals surface area contributed by atoms with E-state index in [0.717, 1.165) is 11.1 Å². The van der Waals surface area contributed by atoms with Gasteiger partial charge in [-0.1, -0.05) is 13.0 Å². The molecule has 0 saturated carbocycles. The van der Waals surface area contributed by atoms with Crippen molar-refractivity contribution in [3.05, 3.63) is 29.3 Å². The predicted octanol–water partition coefficient (Wildman–Crippen LogP) is 1.76. The van der Waals surface area contributed by atoms with Crippen molar-refractivity contribution in [2.45, 2.75) is 31.8 Å². The average molecular weight is 266 g/mol. The molecule has 0 spiro atoms. The van der Waals surface area contributed by atoms with Crippen LogP contribution in [0, 0.1) is 11.3 Å². The molecule has 0 amide bonds. The molecule has 1 atom stereocenters. The summed E-state index contributed by atoms with van der Waals surface area (Å²) in [6.07, 6.45) is 0.264. The van der Waals surface area contributed by atoms with Gasteiger partial charge in [0.2, 0.25) is 10.0 Å². The Morgan fingerprint density at radius 2 is 2.17 bits per heavy atom. The first kappa shape index (κ1) is 12.9. The number of ether oxygens (including phenoxy) is 1. The number of rotatable bonds is 4. The summed E-state index contributed by atoms with van der Waals surface area (Å²) in [6.45, 7) is 2.74. The molecular weight excluding hydrogens is 252 g/mol. The molecule has 0 saturated heterocycles. The quantitative estimate of drug-likeness (QED) is 0.900. The molecule has 0 aromatic heterocycles. The zero-order chi connectivity index (χ0) is 13.2. The molecule has 1 aliphatic heterocycles. The molecule has 1 N–H and O–H groups in total. The number of nitriles is 1. The maximum absolute atomic E-state index is 11.9. The Kier molecular flexibility index (Phi) is 3.55. The summed E-state index contributed by atoms with van der Waals surface area (Å²) in [5, 5.41) is 7.78. The normalized spacial score (nSPS) is 15.8. The summed E-state index contributed by atoms with van der Waals surface area (Å²) in [4.78, 5) is 0. The second kappa shape index (κ2) is 4.96. The molecule has 96 valence electrons. The average Bonchev–Trinajstić information content (AvgIpc) is 2.76. The molecule has 1 aromatic rings. The summed E-state index contributed by atoms with van der Waals surface area (Å²) in [5.41, 5.74) is 2.54. The summed E-state index contributed by atoms with van der Waals surface area (Å²) < 4.78 is 31.5. The Balaban J connectivity index is 2.22. The Morgan fingerprint density at radius 1 is 1.44 bits per heavy atom. The molecule has 0 aliphatic carbocycles. The highest BCUT2D eigenvalue weighted by Gasteiger charge is 2.23. The van der Waals surface area contributed by atoms with Gasteiger partial charge in [-0.05, 0) is 29.7 Å². The molecule has 5 nitrogen and oxygen atoms in total. The van der Waals surface area contributed by atoms with Crippen LogP contribution in [0.4, 0.5) is 5.69 Å². The van der Waals surface area contributed by atoms with Gasteiger partial charge in [-0.3, -0.25) is 4.72 Å². The zero-order valence-electron chi connectivity index (χ0n) is 10.0. The standard InChI is InChI=1S/C12H14N2O3S/c1-2-12(6-13)18(15,16)14-11-4-3-9-7-17-8-10(9)5-11/h3-5,12,14H,2,7-8H2,1H3. The third-order valence-corrected chi connectivity index (χ3v) is 4.58. The highest BCUT2D eigenvalue weighted by molar-refractivity contribution is 7.93. The van der Waals surface area contributed by atoms with E-state index in [0.29, 0.717) is 18.9 Å². The molecule has 18 heavy (non-hydrogen) atoms. The fraction of sp³-hybridized carbons (Fsp3) is 0.417. The van der Waals surface area contributed by atoms with Crippen LogP contribution in [0.5, 0.6) is 0 Å². The van der Waals surface area contributed by atoms with Crippen molar-refractivity contribution in [3.8, 4) is 6.07 Å². The van der Waals surface area contributed by atoms with E-state index < -0.39 is 15.3 Å². The van der Waals surface area contributed by atoms with E-state index in [1.54, 1.807) is 25.1 Å². The number of sulfonamides is 1.